The summed E-state index contributed by atoms with van der Waals surface area (Å²) in [6.07, 6.45) is 8.99. The van der Waals surface area contributed by atoms with Crippen LogP contribution in [-0.2, 0) is 16.0 Å². The largest absolute Gasteiger partial charge is 0.388 e. The smallest absolute Gasteiger partial charge is 0.254 e. The molecule has 1 amide bonds. The number of ether oxygens (including phenoxy) is 2. The van der Waals surface area contributed by atoms with Crippen molar-refractivity contribution in [3.8, 4) is 11.3 Å². The van der Waals surface area contributed by atoms with Crippen molar-refractivity contribution in [2.24, 2.45) is 0 Å². The maximum absolute atomic E-state index is 12.7. The van der Waals surface area contributed by atoms with E-state index in [1.807, 2.05) is 47.3 Å². The van der Waals surface area contributed by atoms with E-state index >= 15 is 0 Å². The monoisotopic (exact) mass is 473 g/mol. The summed E-state index contributed by atoms with van der Waals surface area (Å²) in [6.45, 7) is 3.67. The summed E-state index contributed by atoms with van der Waals surface area (Å²) in [6, 6.07) is 7.93. The molecule has 3 aromatic heterocycles. The molecule has 180 valence electrons. The predicted molar refractivity (Wildman–Crippen MR) is 133 cm³/mol. The molecular weight excluding hydrogens is 446 g/mol. The van der Waals surface area contributed by atoms with Gasteiger partial charge in [0.15, 0.2) is 5.65 Å². The number of pyridine rings is 1. The number of rotatable bonds is 4. The number of amides is 1. The van der Waals surface area contributed by atoms with Crippen LogP contribution in [0.3, 0.4) is 0 Å². The summed E-state index contributed by atoms with van der Waals surface area (Å²) in [5.41, 5.74) is 6.06. The van der Waals surface area contributed by atoms with E-state index < -0.39 is 0 Å². The van der Waals surface area contributed by atoms with Crippen LogP contribution in [0.1, 0.15) is 15.9 Å². The van der Waals surface area contributed by atoms with E-state index in [0.717, 1.165) is 60.1 Å². The van der Waals surface area contributed by atoms with Crippen molar-refractivity contribution < 1.29 is 14.3 Å². The van der Waals surface area contributed by atoms with Crippen LogP contribution in [0.15, 0.2) is 55.2 Å². The van der Waals surface area contributed by atoms with Crippen LogP contribution in [-0.4, -0.2) is 65.8 Å². The van der Waals surface area contributed by atoms with Crippen molar-refractivity contribution in [1.29, 1.82) is 0 Å². The van der Waals surface area contributed by atoms with Gasteiger partial charge in [-0.15, -0.1) is 0 Å². The predicted octanol–water partition coefficient (Wildman–Crippen LogP) is 2.88. The van der Waals surface area contributed by atoms with E-state index in [1.54, 1.807) is 26.6 Å². The van der Waals surface area contributed by atoms with Gasteiger partial charge in [0.2, 0.25) is 0 Å². The van der Waals surface area contributed by atoms with Crippen molar-refractivity contribution >= 4 is 28.7 Å². The minimum Gasteiger partial charge on any atom is -0.388 e. The number of methoxy groups -OCH3 is 1. The molecule has 1 fully saturated rings. The van der Waals surface area contributed by atoms with E-state index in [0.29, 0.717) is 17.9 Å². The summed E-state index contributed by atoms with van der Waals surface area (Å²) in [5, 5.41) is 6.28. The zero-order chi connectivity index (χ0) is 24.2. The molecule has 10 heteroatoms. The number of fused-ring (bicyclic) bond motifs is 2. The lowest BCUT2D eigenvalue weighted by Crippen LogP contribution is -2.36. The SMILES string of the molecule is COC.O=C1NCc2c(-c3cnc4cnccn34)ccc(Nc3ccc(N4CCOCC4)cn3)c21. The van der Waals surface area contributed by atoms with E-state index in [1.165, 1.54) is 0 Å². The average Bonchev–Trinajstić information content (AvgIpc) is 3.50. The third-order valence-electron chi connectivity index (χ3n) is 5.95. The molecule has 5 heterocycles. The number of morpholine rings is 1. The van der Waals surface area contributed by atoms with Crippen LogP contribution in [0.25, 0.3) is 16.9 Å². The number of aromatic nitrogens is 4. The van der Waals surface area contributed by atoms with Crippen molar-refractivity contribution in [2.45, 2.75) is 6.54 Å². The van der Waals surface area contributed by atoms with Gasteiger partial charge in [-0.25, -0.2) is 9.97 Å². The molecule has 1 aromatic carbocycles. The lowest BCUT2D eigenvalue weighted by Gasteiger charge is -2.28. The zero-order valence-electron chi connectivity index (χ0n) is 19.7. The van der Waals surface area contributed by atoms with Gasteiger partial charge in [0.05, 0.1) is 54.4 Å². The molecule has 0 atom stereocenters. The topological polar surface area (TPSA) is 106 Å². The van der Waals surface area contributed by atoms with Crippen LogP contribution in [0.2, 0.25) is 0 Å². The number of nitrogens with zero attached hydrogens (tertiary/aromatic N) is 5. The molecule has 10 nitrogen and oxygen atoms in total. The highest BCUT2D eigenvalue weighted by Crippen LogP contribution is 2.35. The van der Waals surface area contributed by atoms with Crippen LogP contribution >= 0.6 is 0 Å². The Morgan fingerprint density at radius 2 is 1.89 bits per heavy atom. The second-order valence-electron chi connectivity index (χ2n) is 8.18. The van der Waals surface area contributed by atoms with Gasteiger partial charge in [0, 0.05) is 51.8 Å². The minimum absolute atomic E-state index is 0.0928. The molecule has 4 aromatic rings. The van der Waals surface area contributed by atoms with Gasteiger partial charge < -0.3 is 25.0 Å². The van der Waals surface area contributed by atoms with Crippen LogP contribution < -0.4 is 15.5 Å². The molecule has 2 aliphatic rings. The van der Waals surface area contributed by atoms with Crippen molar-refractivity contribution in [1.82, 2.24) is 24.7 Å². The first kappa shape index (κ1) is 22.8. The molecule has 0 aliphatic carbocycles. The van der Waals surface area contributed by atoms with Gasteiger partial charge in [0.25, 0.3) is 5.91 Å². The number of carbonyl (C=O) groups is 1. The lowest BCUT2D eigenvalue weighted by molar-refractivity contribution is 0.0966. The van der Waals surface area contributed by atoms with Gasteiger partial charge in [-0.3, -0.25) is 14.2 Å². The fraction of sp³-hybridized carbons (Fsp3) is 0.280. The van der Waals surface area contributed by atoms with Gasteiger partial charge in [-0.05, 0) is 23.8 Å². The Labute approximate surface area is 202 Å². The first-order valence-corrected chi connectivity index (χ1v) is 11.4. The van der Waals surface area contributed by atoms with Crippen LogP contribution in [0.4, 0.5) is 17.2 Å². The van der Waals surface area contributed by atoms with E-state index in [2.05, 4.69) is 35.2 Å². The van der Waals surface area contributed by atoms with E-state index in [-0.39, 0.29) is 5.91 Å². The van der Waals surface area contributed by atoms with Crippen molar-refractivity contribution in [3.63, 3.8) is 0 Å². The molecule has 0 spiro atoms. The second-order valence-corrected chi connectivity index (χ2v) is 8.18. The fourth-order valence-electron chi connectivity index (χ4n) is 4.34. The molecule has 0 radical (unpaired) electrons. The Morgan fingerprint density at radius 1 is 1.06 bits per heavy atom. The zero-order valence-corrected chi connectivity index (χ0v) is 19.7. The van der Waals surface area contributed by atoms with Crippen LogP contribution in [0.5, 0.6) is 0 Å². The quantitative estimate of drug-likeness (QED) is 0.466. The van der Waals surface area contributed by atoms with Gasteiger partial charge in [-0.1, -0.05) is 6.07 Å². The Bertz CT molecular complexity index is 1330. The van der Waals surface area contributed by atoms with Crippen molar-refractivity contribution in [2.75, 3.05) is 50.7 Å². The Balaban J connectivity index is 0.000000806. The van der Waals surface area contributed by atoms with Gasteiger partial charge in [0.1, 0.15) is 5.82 Å². The lowest BCUT2D eigenvalue weighted by atomic mass is 9.99. The molecule has 0 saturated carbocycles. The summed E-state index contributed by atoms with van der Waals surface area (Å²) in [7, 11) is 3.25. The number of hydrogen-bond donors (Lipinski definition) is 2. The fourth-order valence-corrected chi connectivity index (χ4v) is 4.34. The minimum atomic E-state index is -0.0928. The first-order chi connectivity index (χ1) is 17.2. The first-order valence-electron chi connectivity index (χ1n) is 11.4. The highest BCUT2D eigenvalue weighted by molar-refractivity contribution is 6.06. The maximum atomic E-state index is 12.7. The molecule has 6 rings (SSSR count). The van der Waals surface area contributed by atoms with Crippen molar-refractivity contribution in [3.05, 3.63) is 66.4 Å². The van der Waals surface area contributed by atoms with E-state index in [4.69, 9.17) is 4.74 Å². The molecule has 1 saturated heterocycles. The average molecular weight is 474 g/mol. The summed E-state index contributed by atoms with van der Waals surface area (Å²) in [5.74, 6) is 0.599. The number of anilines is 3. The summed E-state index contributed by atoms with van der Waals surface area (Å²) >= 11 is 0. The van der Waals surface area contributed by atoms with Gasteiger partial charge >= 0.3 is 0 Å². The number of carbonyl (C=O) groups excluding carboxylic acids is 1. The highest BCUT2D eigenvalue weighted by Gasteiger charge is 2.27. The number of hydrogen-bond acceptors (Lipinski definition) is 8. The Hall–Kier alpha value is -4.02. The number of benzene rings is 1. The third-order valence-corrected chi connectivity index (χ3v) is 5.95. The Morgan fingerprint density at radius 3 is 2.66 bits per heavy atom. The molecule has 35 heavy (non-hydrogen) atoms. The normalized spacial score (nSPS) is 14.8. The molecule has 2 aliphatic heterocycles. The molecule has 0 bridgehead atoms. The number of imidazole rings is 1. The van der Waals surface area contributed by atoms with Crippen LogP contribution in [0, 0.1) is 0 Å². The third kappa shape index (κ3) is 4.53. The highest BCUT2D eigenvalue weighted by atomic mass is 16.5. The molecule has 0 unspecified atom stereocenters. The molecular formula is C25H27N7O3. The molecule has 2 N–H and O–H groups in total. The van der Waals surface area contributed by atoms with E-state index in [9.17, 15) is 4.79 Å². The summed E-state index contributed by atoms with van der Waals surface area (Å²) in [4.78, 5) is 28.1. The number of nitrogens with one attached hydrogen (secondary N) is 2. The summed E-state index contributed by atoms with van der Waals surface area (Å²) < 4.78 is 11.6. The standard InChI is InChI=1S/C23H21N7O2.C2H6O/c31-23-22-17(12-27-23)16(19-13-26-21-14-24-5-6-30(19)21)2-3-18(22)28-20-4-1-15(11-25-20)29-7-9-32-10-8-29;1-3-2/h1-6,11,13-14H,7-10,12H2,(H,25,28)(H,27,31);1-2H3. The second kappa shape index (κ2) is 10.1. The maximum Gasteiger partial charge on any atom is 0.254 e. The van der Waals surface area contributed by atoms with Gasteiger partial charge in [-0.2, -0.15) is 0 Å². The Kier molecular flexibility index (Phi) is 6.55.